The van der Waals surface area contributed by atoms with Gasteiger partial charge in [-0.25, -0.2) is 4.98 Å². The number of hydrogen-bond donors (Lipinski definition) is 1. The van der Waals surface area contributed by atoms with Crippen molar-refractivity contribution in [1.82, 2.24) is 10.3 Å². The number of carbonyl (C=O) groups excluding carboxylic acids is 1. The van der Waals surface area contributed by atoms with Crippen LogP contribution in [-0.2, 0) is 6.42 Å². The number of thiazole rings is 1. The van der Waals surface area contributed by atoms with Gasteiger partial charge in [-0.05, 0) is 50.3 Å². The Morgan fingerprint density at radius 1 is 1.38 bits per heavy atom. The van der Waals surface area contributed by atoms with E-state index in [1.165, 1.54) is 11.3 Å². The van der Waals surface area contributed by atoms with Crippen LogP contribution >= 0.6 is 11.3 Å². The summed E-state index contributed by atoms with van der Waals surface area (Å²) in [6.07, 6.45) is 3.97. The molecule has 128 valence electrons. The van der Waals surface area contributed by atoms with Gasteiger partial charge in [0.05, 0.1) is 5.01 Å². The highest BCUT2D eigenvalue weighted by atomic mass is 32.1. The molecule has 4 nitrogen and oxygen atoms in total. The van der Waals surface area contributed by atoms with E-state index in [1.807, 2.05) is 5.38 Å². The lowest BCUT2D eigenvalue weighted by Gasteiger charge is -2.34. The van der Waals surface area contributed by atoms with Gasteiger partial charge in [0.15, 0.2) is 0 Å². The van der Waals surface area contributed by atoms with Crippen molar-refractivity contribution in [2.75, 3.05) is 18.0 Å². The monoisotopic (exact) mass is 343 g/mol. The minimum atomic E-state index is -0.0254. The zero-order chi connectivity index (χ0) is 16.9. The quantitative estimate of drug-likeness (QED) is 0.898. The molecular formula is C19H25N3OS. The lowest BCUT2D eigenvalue weighted by molar-refractivity contribution is 0.0926. The lowest BCUT2D eigenvalue weighted by atomic mass is 10.0. The molecular weight excluding hydrogens is 318 g/mol. The molecule has 1 aromatic heterocycles. The van der Waals surface area contributed by atoms with E-state index in [-0.39, 0.29) is 11.9 Å². The smallest absolute Gasteiger partial charge is 0.270 e. The lowest BCUT2D eigenvalue weighted by Crippen LogP contribution is -2.44. The Morgan fingerprint density at radius 2 is 2.17 bits per heavy atom. The van der Waals surface area contributed by atoms with E-state index >= 15 is 0 Å². The van der Waals surface area contributed by atoms with E-state index in [1.54, 1.807) is 11.3 Å². The van der Waals surface area contributed by atoms with Gasteiger partial charge in [0.1, 0.15) is 5.69 Å². The first-order valence-corrected chi connectivity index (χ1v) is 9.60. The molecule has 0 radical (unpaired) electrons. The maximum atomic E-state index is 12.3. The van der Waals surface area contributed by atoms with Crippen molar-refractivity contribution in [2.24, 2.45) is 0 Å². The second-order valence-corrected chi connectivity index (χ2v) is 7.39. The number of amides is 1. The van der Waals surface area contributed by atoms with Crippen LogP contribution in [0.15, 0.2) is 29.6 Å². The number of hydrogen-bond acceptors (Lipinski definition) is 4. The van der Waals surface area contributed by atoms with E-state index in [4.69, 9.17) is 0 Å². The van der Waals surface area contributed by atoms with Crippen molar-refractivity contribution >= 4 is 22.9 Å². The van der Waals surface area contributed by atoms with Crippen molar-refractivity contribution in [3.63, 3.8) is 0 Å². The van der Waals surface area contributed by atoms with Gasteiger partial charge < -0.3 is 10.2 Å². The number of anilines is 1. The van der Waals surface area contributed by atoms with Crippen molar-refractivity contribution in [3.05, 3.63) is 45.9 Å². The summed E-state index contributed by atoms with van der Waals surface area (Å²) < 4.78 is 0. The first kappa shape index (κ1) is 17.0. The van der Waals surface area contributed by atoms with Gasteiger partial charge in [-0.3, -0.25) is 4.79 Å². The maximum absolute atomic E-state index is 12.3. The minimum Gasteiger partial charge on any atom is -0.371 e. The molecule has 2 aromatic rings. The molecule has 0 aliphatic carbocycles. The molecule has 2 heterocycles. The van der Waals surface area contributed by atoms with Crippen molar-refractivity contribution in [2.45, 2.75) is 45.6 Å². The second-order valence-electron chi connectivity index (χ2n) is 6.45. The van der Waals surface area contributed by atoms with Crippen LogP contribution in [0.5, 0.6) is 0 Å². The number of aryl methyl sites for hydroxylation is 2. The minimum absolute atomic E-state index is 0.0254. The van der Waals surface area contributed by atoms with Crippen LogP contribution in [0.1, 0.15) is 47.2 Å². The molecule has 5 heteroatoms. The van der Waals surface area contributed by atoms with Crippen molar-refractivity contribution < 1.29 is 4.79 Å². The van der Waals surface area contributed by atoms with Gasteiger partial charge >= 0.3 is 0 Å². The van der Waals surface area contributed by atoms with Crippen molar-refractivity contribution in [1.29, 1.82) is 0 Å². The zero-order valence-corrected chi connectivity index (χ0v) is 15.2. The van der Waals surface area contributed by atoms with E-state index in [0.29, 0.717) is 5.69 Å². The topological polar surface area (TPSA) is 45.2 Å². The summed E-state index contributed by atoms with van der Waals surface area (Å²) >= 11 is 1.58. The molecule has 0 unspecified atom stereocenters. The standard InChI is InChI=1S/C19H25N3OS/c1-3-5-18-21-17(13-24-18)19(23)20-15-8-10-22(11-9-15)16-7-4-6-14(2)12-16/h4,6-7,12-13,15H,3,5,8-11H2,1-2H3,(H,20,23). The molecule has 1 aliphatic rings. The van der Waals surface area contributed by atoms with E-state index in [9.17, 15) is 4.79 Å². The number of nitrogens with one attached hydrogen (secondary N) is 1. The Hall–Kier alpha value is -1.88. The fourth-order valence-corrected chi connectivity index (χ4v) is 3.99. The summed E-state index contributed by atoms with van der Waals surface area (Å²) in [4.78, 5) is 19.2. The van der Waals surface area contributed by atoms with Crippen LogP contribution in [0.25, 0.3) is 0 Å². The number of carbonyl (C=O) groups is 1. The SMILES string of the molecule is CCCc1nc(C(=O)NC2CCN(c3cccc(C)c3)CC2)cs1. The van der Waals surface area contributed by atoms with Crippen molar-refractivity contribution in [3.8, 4) is 0 Å². The molecule has 1 aromatic carbocycles. The third-order valence-electron chi connectivity index (χ3n) is 4.45. The molecule has 3 rings (SSSR count). The Kier molecular flexibility index (Phi) is 5.51. The Balaban J connectivity index is 1.52. The molecule has 1 saturated heterocycles. The number of nitrogens with zero attached hydrogens (tertiary/aromatic N) is 2. The molecule has 0 bridgehead atoms. The van der Waals surface area contributed by atoms with Crippen LogP contribution in [0, 0.1) is 6.92 Å². The van der Waals surface area contributed by atoms with Gasteiger partial charge in [0.2, 0.25) is 0 Å². The van der Waals surface area contributed by atoms with E-state index in [0.717, 1.165) is 43.8 Å². The highest BCUT2D eigenvalue weighted by Gasteiger charge is 2.22. The summed E-state index contributed by atoms with van der Waals surface area (Å²) in [5, 5.41) is 6.08. The molecule has 0 saturated carbocycles. The highest BCUT2D eigenvalue weighted by Crippen LogP contribution is 2.21. The molecule has 1 N–H and O–H groups in total. The van der Waals surface area contributed by atoms with Gasteiger partial charge in [-0.2, -0.15) is 0 Å². The van der Waals surface area contributed by atoms with Crippen LogP contribution < -0.4 is 10.2 Å². The molecule has 1 amide bonds. The van der Waals surface area contributed by atoms with Crippen LogP contribution in [0.2, 0.25) is 0 Å². The van der Waals surface area contributed by atoms with Gasteiger partial charge in [0, 0.05) is 30.2 Å². The summed E-state index contributed by atoms with van der Waals surface area (Å²) in [6, 6.07) is 8.86. The number of aromatic nitrogens is 1. The average Bonchev–Trinajstić information content (AvgIpc) is 3.05. The number of benzene rings is 1. The summed E-state index contributed by atoms with van der Waals surface area (Å²) in [6.45, 7) is 6.21. The van der Waals surface area contributed by atoms with Gasteiger partial charge in [0.25, 0.3) is 5.91 Å². The summed E-state index contributed by atoms with van der Waals surface area (Å²) in [7, 11) is 0. The van der Waals surface area contributed by atoms with Gasteiger partial charge in [-0.1, -0.05) is 19.1 Å². The van der Waals surface area contributed by atoms with Crippen LogP contribution in [0.3, 0.4) is 0 Å². The first-order valence-electron chi connectivity index (χ1n) is 8.72. The Morgan fingerprint density at radius 3 is 2.88 bits per heavy atom. The second kappa shape index (κ2) is 7.79. The van der Waals surface area contributed by atoms with E-state index in [2.05, 4.69) is 53.3 Å². The molecule has 1 fully saturated rings. The number of rotatable bonds is 5. The largest absolute Gasteiger partial charge is 0.371 e. The third kappa shape index (κ3) is 4.15. The third-order valence-corrected chi connectivity index (χ3v) is 5.35. The normalized spacial score (nSPS) is 15.5. The molecule has 0 atom stereocenters. The molecule has 24 heavy (non-hydrogen) atoms. The van der Waals surface area contributed by atoms with Gasteiger partial charge in [-0.15, -0.1) is 11.3 Å². The summed E-state index contributed by atoms with van der Waals surface area (Å²) in [5.74, 6) is -0.0254. The summed E-state index contributed by atoms with van der Waals surface area (Å²) in [5.41, 5.74) is 3.14. The molecule has 1 aliphatic heterocycles. The highest BCUT2D eigenvalue weighted by molar-refractivity contribution is 7.09. The predicted octanol–water partition coefficient (Wildman–Crippen LogP) is 3.80. The zero-order valence-electron chi connectivity index (χ0n) is 14.4. The molecule has 0 spiro atoms. The Labute approximate surface area is 147 Å². The Bertz CT molecular complexity index is 689. The number of piperidine rings is 1. The van der Waals surface area contributed by atoms with E-state index < -0.39 is 0 Å². The fourth-order valence-electron chi connectivity index (χ4n) is 3.11. The van der Waals surface area contributed by atoms with Crippen LogP contribution in [0.4, 0.5) is 5.69 Å². The maximum Gasteiger partial charge on any atom is 0.270 e. The predicted molar refractivity (Wildman–Crippen MR) is 100.0 cm³/mol. The van der Waals surface area contributed by atoms with Crippen LogP contribution in [-0.4, -0.2) is 30.0 Å². The fraction of sp³-hybridized carbons (Fsp3) is 0.474. The first-order chi connectivity index (χ1) is 11.7. The average molecular weight is 343 g/mol.